The lowest BCUT2D eigenvalue weighted by molar-refractivity contribution is -0.142. The van der Waals surface area contributed by atoms with E-state index in [1.54, 1.807) is 6.20 Å². The minimum absolute atomic E-state index is 0.0454. The van der Waals surface area contributed by atoms with Gasteiger partial charge in [-0.1, -0.05) is 12.5 Å². The average Bonchev–Trinajstić information content (AvgIpc) is 2.95. The third-order valence-electron chi connectivity index (χ3n) is 3.89. The predicted molar refractivity (Wildman–Crippen MR) is 77.8 cm³/mol. The quantitative estimate of drug-likeness (QED) is 0.739. The van der Waals surface area contributed by atoms with Crippen LogP contribution in [0.1, 0.15) is 25.0 Å². The first-order valence-corrected chi connectivity index (χ1v) is 7.31. The van der Waals surface area contributed by atoms with Crippen LogP contribution in [0, 0.1) is 11.8 Å². The van der Waals surface area contributed by atoms with Gasteiger partial charge in [0, 0.05) is 31.4 Å². The Labute approximate surface area is 124 Å². The number of aromatic nitrogens is 1. The highest BCUT2D eigenvalue weighted by Crippen LogP contribution is 2.31. The average molecular weight is 291 g/mol. The van der Waals surface area contributed by atoms with Crippen molar-refractivity contribution in [3.05, 3.63) is 30.1 Å². The lowest BCUT2D eigenvalue weighted by atomic mass is 9.96. The maximum atomic E-state index is 11.7. The Morgan fingerprint density at radius 1 is 1.29 bits per heavy atom. The summed E-state index contributed by atoms with van der Waals surface area (Å²) >= 11 is 0. The maximum absolute atomic E-state index is 11.7. The van der Waals surface area contributed by atoms with Gasteiger partial charge in [0.25, 0.3) is 0 Å². The molecule has 2 atom stereocenters. The molecule has 0 aliphatic heterocycles. The van der Waals surface area contributed by atoms with Crippen molar-refractivity contribution in [1.82, 2.24) is 15.6 Å². The Kier molecular flexibility index (Phi) is 5.54. The molecule has 1 aliphatic carbocycles. The van der Waals surface area contributed by atoms with Crippen molar-refractivity contribution in [2.75, 3.05) is 13.1 Å². The van der Waals surface area contributed by atoms with E-state index in [1.165, 1.54) is 0 Å². The monoisotopic (exact) mass is 291 g/mol. The number of carbonyl (C=O) groups excluding carboxylic acids is 1. The Hall–Kier alpha value is -2.11. The van der Waals surface area contributed by atoms with Crippen LogP contribution in [0.4, 0.5) is 4.79 Å². The van der Waals surface area contributed by atoms with Gasteiger partial charge in [0.15, 0.2) is 0 Å². The molecule has 1 aromatic heterocycles. The topological polar surface area (TPSA) is 91.3 Å². The van der Waals surface area contributed by atoms with E-state index in [2.05, 4.69) is 15.6 Å². The van der Waals surface area contributed by atoms with Crippen LogP contribution in [0.15, 0.2) is 24.4 Å². The summed E-state index contributed by atoms with van der Waals surface area (Å²) in [7, 11) is 0. The molecule has 2 unspecified atom stereocenters. The lowest BCUT2D eigenvalue weighted by Gasteiger charge is -2.16. The minimum atomic E-state index is -0.755. The lowest BCUT2D eigenvalue weighted by Crippen LogP contribution is -2.40. The highest BCUT2D eigenvalue weighted by molar-refractivity contribution is 5.74. The first kappa shape index (κ1) is 15.3. The molecule has 0 radical (unpaired) electrons. The predicted octanol–water partition coefficient (Wildman–Crippen LogP) is 1.42. The summed E-state index contributed by atoms with van der Waals surface area (Å²) in [6.07, 6.45) is 4.90. The van der Waals surface area contributed by atoms with Gasteiger partial charge >= 0.3 is 12.0 Å². The van der Waals surface area contributed by atoms with Gasteiger partial charge in [0.2, 0.25) is 0 Å². The van der Waals surface area contributed by atoms with Gasteiger partial charge < -0.3 is 15.7 Å². The molecule has 2 amide bonds. The summed E-state index contributed by atoms with van der Waals surface area (Å²) in [6.45, 7) is 0.933. The Morgan fingerprint density at radius 2 is 2.14 bits per heavy atom. The van der Waals surface area contributed by atoms with E-state index in [4.69, 9.17) is 5.11 Å². The van der Waals surface area contributed by atoms with Crippen LogP contribution in [0.3, 0.4) is 0 Å². The maximum Gasteiger partial charge on any atom is 0.314 e. The molecule has 0 aromatic carbocycles. The molecule has 2 rings (SSSR count). The van der Waals surface area contributed by atoms with Crippen LogP contribution in [0.25, 0.3) is 0 Å². The summed E-state index contributed by atoms with van der Waals surface area (Å²) in [6, 6.07) is 5.43. The molecule has 3 N–H and O–H groups in total. The number of carboxylic acids is 1. The molecule has 21 heavy (non-hydrogen) atoms. The first-order chi connectivity index (χ1) is 10.2. The second-order valence-electron chi connectivity index (χ2n) is 5.34. The third kappa shape index (κ3) is 4.73. The molecule has 1 fully saturated rings. The van der Waals surface area contributed by atoms with E-state index < -0.39 is 5.97 Å². The molecule has 0 bridgehead atoms. The normalized spacial score (nSPS) is 21.0. The molecule has 6 nitrogen and oxygen atoms in total. The van der Waals surface area contributed by atoms with Crippen molar-refractivity contribution in [3.8, 4) is 0 Å². The summed E-state index contributed by atoms with van der Waals surface area (Å²) < 4.78 is 0. The number of urea groups is 1. The molecule has 114 valence electrons. The molecule has 0 spiro atoms. The first-order valence-electron chi connectivity index (χ1n) is 7.31. The molecule has 1 saturated carbocycles. The summed E-state index contributed by atoms with van der Waals surface area (Å²) in [5.74, 6) is -1.03. The van der Waals surface area contributed by atoms with E-state index in [-0.39, 0.29) is 17.9 Å². The number of hydrogen-bond donors (Lipinski definition) is 3. The number of pyridine rings is 1. The molecule has 1 aliphatic rings. The van der Waals surface area contributed by atoms with E-state index in [9.17, 15) is 9.59 Å². The number of nitrogens with zero attached hydrogens (tertiary/aromatic N) is 1. The number of nitrogens with one attached hydrogen (secondary N) is 2. The van der Waals surface area contributed by atoms with E-state index in [0.717, 1.165) is 18.5 Å². The van der Waals surface area contributed by atoms with Crippen LogP contribution in [0.5, 0.6) is 0 Å². The Morgan fingerprint density at radius 3 is 2.86 bits per heavy atom. The van der Waals surface area contributed by atoms with Gasteiger partial charge in [0.05, 0.1) is 5.92 Å². The van der Waals surface area contributed by atoms with Crippen molar-refractivity contribution < 1.29 is 14.7 Å². The molecule has 1 heterocycles. The molecule has 1 aromatic rings. The third-order valence-corrected chi connectivity index (χ3v) is 3.89. The van der Waals surface area contributed by atoms with Gasteiger partial charge in [-0.25, -0.2) is 4.79 Å². The highest BCUT2D eigenvalue weighted by atomic mass is 16.4. The number of carbonyl (C=O) groups is 2. The van der Waals surface area contributed by atoms with E-state index in [0.29, 0.717) is 25.9 Å². The number of carboxylic acid groups (broad SMARTS) is 1. The summed E-state index contributed by atoms with van der Waals surface area (Å²) in [5.41, 5.74) is 0.930. The highest BCUT2D eigenvalue weighted by Gasteiger charge is 2.32. The number of amides is 2. The Bertz CT molecular complexity index is 478. The van der Waals surface area contributed by atoms with Gasteiger partial charge in [-0.05, 0) is 30.9 Å². The minimum Gasteiger partial charge on any atom is -0.481 e. The van der Waals surface area contributed by atoms with Crippen molar-refractivity contribution in [2.24, 2.45) is 11.8 Å². The van der Waals surface area contributed by atoms with Crippen LogP contribution in [0.2, 0.25) is 0 Å². The smallest absolute Gasteiger partial charge is 0.314 e. The SMILES string of the molecule is O=C(NCCc1ccccn1)NCC1CCCC1C(=O)O. The second kappa shape index (κ2) is 7.61. The van der Waals surface area contributed by atoms with Gasteiger partial charge in [-0.3, -0.25) is 9.78 Å². The van der Waals surface area contributed by atoms with Crippen molar-refractivity contribution in [2.45, 2.75) is 25.7 Å². The fourth-order valence-corrected chi connectivity index (χ4v) is 2.74. The zero-order valence-corrected chi connectivity index (χ0v) is 11.9. The van der Waals surface area contributed by atoms with Crippen LogP contribution in [-0.4, -0.2) is 35.2 Å². The van der Waals surface area contributed by atoms with Crippen LogP contribution >= 0.6 is 0 Å². The van der Waals surface area contributed by atoms with Gasteiger partial charge in [-0.15, -0.1) is 0 Å². The zero-order valence-electron chi connectivity index (χ0n) is 11.9. The summed E-state index contributed by atoms with van der Waals surface area (Å²) in [5, 5.41) is 14.6. The fraction of sp³-hybridized carbons (Fsp3) is 0.533. The molecular weight excluding hydrogens is 270 g/mol. The molecular formula is C15H21N3O3. The Balaban J connectivity index is 1.65. The van der Waals surface area contributed by atoms with Crippen LogP contribution in [-0.2, 0) is 11.2 Å². The number of hydrogen-bond acceptors (Lipinski definition) is 3. The van der Waals surface area contributed by atoms with Crippen LogP contribution < -0.4 is 10.6 Å². The number of aliphatic carboxylic acids is 1. The van der Waals surface area contributed by atoms with Gasteiger partial charge in [-0.2, -0.15) is 0 Å². The van der Waals surface area contributed by atoms with Crippen molar-refractivity contribution >= 4 is 12.0 Å². The van der Waals surface area contributed by atoms with E-state index in [1.807, 2.05) is 18.2 Å². The largest absolute Gasteiger partial charge is 0.481 e. The van der Waals surface area contributed by atoms with E-state index >= 15 is 0 Å². The van der Waals surface area contributed by atoms with Crippen molar-refractivity contribution in [1.29, 1.82) is 0 Å². The van der Waals surface area contributed by atoms with Gasteiger partial charge in [0.1, 0.15) is 0 Å². The van der Waals surface area contributed by atoms with Crippen molar-refractivity contribution in [3.63, 3.8) is 0 Å². The second-order valence-corrected chi connectivity index (χ2v) is 5.34. The molecule has 0 saturated heterocycles. The zero-order chi connectivity index (χ0) is 15.1. The standard InChI is InChI=1S/C15H21N3O3/c19-14(20)13-6-3-4-11(13)10-18-15(21)17-9-7-12-5-1-2-8-16-12/h1-2,5,8,11,13H,3-4,6-7,9-10H2,(H,19,20)(H2,17,18,21). The molecule has 6 heteroatoms. The fourth-order valence-electron chi connectivity index (χ4n) is 2.74. The number of rotatable bonds is 6. The summed E-state index contributed by atoms with van der Waals surface area (Å²) in [4.78, 5) is 26.9.